The van der Waals surface area contributed by atoms with Crippen LogP contribution in [0.3, 0.4) is 0 Å². The molecule has 4 N–H and O–H groups in total. The van der Waals surface area contributed by atoms with Crippen molar-refractivity contribution < 1.29 is 81.2 Å². The van der Waals surface area contributed by atoms with Gasteiger partial charge in [-0.05, 0) is 27.7 Å². The number of rotatable bonds is 23. The number of oxime groups is 1. The van der Waals surface area contributed by atoms with E-state index in [1.54, 1.807) is 0 Å². The van der Waals surface area contributed by atoms with Crippen LogP contribution >= 0.6 is 38.3 Å². The summed E-state index contributed by atoms with van der Waals surface area (Å²) in [5.41, 5.74) is 4.99. The number of nitrogen functional groups attached to an aromatic ring is 1. The Kier molecular flexibility index (Phi) is 16.4. The molecule has 2 atom stereocenters. The van der Waals surface area contributed by atoms with Gasteiger partial charge in [0.1, 0.15) is 36.5 Å². The fraction of sp³-hybridized carbons (Fsp3) is 0.600. The highest BCUT2D eigenvalue weighted by Crippen LogP contribution is 2.72. The number of β-lactam (4-membered cyclic amide) rings is 1. The first-order chi connectivity index (χ1) is 24.3. The molecule has 1 aromatic rings. The number of anilines is 1. The number of fused-ring (bicyclic) bond motifs is 1. The second-order valence-electron chi connectivity index (χ2n) is 9.66. The number of carbonyl (C=O) groups is 4. The number of nitrogens with two attached hydrogens (primary N) is 1. The Morgan fingerprint density at radius 2 is 1.59 bits per heavy atom. The van der Waals surface area contributed by atoms with Crippen LogP contribution in [0.25, 0.3) is 0 Å². The lowest BCUT2D eigenvalue weighted by molar-refractivity contribution is -0.272. The van der Waals surface area contributed by atoms with Gasteiger partial charge in [-0.3, -0.25) is 28.4 Å². The molecule has 1 fully saturated rings. The SMILES string of the molecule is CCOOP(=O)(OOCC)C(CC(=O)OCC1=C(C(=O)O)N2C(=O)C(NC(=O)/C(=N\OC)c3csc(N)n3)[C@@H]2SC1)P(=O)(OOCC)OOCC. The molecule has 51 heavy (non-hydrogen) atoms. The van der Waals surface area contributed by atoms with E-state index in [1.165, 1.54) is 40.2 Å². The molecule has 0 bridgehead atoms. The van der Waals surface area contributed by atoms with Gasteiger partial charge in [0.05, 0.1) is 32.8 Å². The monoisotopic (exact) mass is 805 g/mol. The van der Waals surface area contributed by atoms with Gasteiger partial charge >= 0.3 is 27.1 Å². The number of nitrogens with one attached hydrogen (secondary N) is 1. The summed E-state index contributed by atoms with van der Waals surface area (Å²) < 4.78 is 52.6. The summed E-state index contributed by atoms with van der Waals surface area (Å²) >= 11 is 2.12. The van der Waals surface area contributed by atoms with Crippen LogP contribution in [0, 0.1) is 0 Å². The van der Waals surface area contributed by atoms with Gasteiger partial charge in [0.15, 0.2) is 16.2 Å². The molecule has 0 aromatic carbocycles. The van der Waals surface area contributed by atoms with Crippen molar-refractivity contribution in [1.29, 1.82) is 0 Å². The molecule has 0 radical (unpaired) electrons. The van der Waals surface area contributed by atoms with E-state index in [9.17, 15) is 33.4 Å². The molecule has 22 nitrogen and oxygen atoms in total. The molecule has 3 heterocycles. The molecule has 2 aliphatic heterocycles. The number of hydrogen-bond donors (Lipinski definition) is 3. The Balaban J connectivity index is 1.82. The Morgan fingerprint density at radius 1 is 1.04 bits per heavy atom. The van der Waals surface area contributed by atoms with E-state index in [1.807, 2.05) is 0 Å². The van der Waals surface area contributed by atoms with Gasteiger partial charge in [0.2, 0.25) is 0 Å². The van der Waals surface area contributed by atoms with Crippen LogP contribution in [0.1, 0.15) is 39.8 Å². The van der Waals surface area contributed by atoms with Gasteiger partial charge in [-0.15, -0.1) is 41.8 Å². The number of carboxylic acid groups (broad SMARTS) is 1. The smallest absolute Gasteiger partial charge is 0.400 e. The summed E-state index contributed by atoms with van der Waals surface area (Å²) in [6.45, 7) is 4.48. The lowest BCUT2D eigenvalue weighted by Gasteiger charge is -2.49. The largest absolute Gasteiger partial charge is 0.477 e. The minimum atomic E-state index is -4.91. The maximum Gasteiger partial charge on any atom is 0.400 e. The predicted molar refractivity (Wildman–Crippen MR) is 175 cm³/mol. The quantitative estimate of drug-likeness (QED) is 0.0357. The van der Waals surface area contributed by atoms with Crippen LogP contribution in [0.5, 0.6) is 0 Å². The van der Waals surface area contributed by atoms with Gasteiger partial charge in [-0.1, -0.05) is 5.16 Å². The first-order valence-corrected chi connectivity index (χ1v) is 20.1. The van der Waals surface area contributed by atoms with Gasteiger partial charge in [-0.2, -0.15) is 0 Å². The van der Waals surface area contributed by atoms with Crippen molar-refractivity contribution in [2.24, 2.45) is 5.16 Å². The van der Waals surface area contributed by atoms with E-state index in [-0.39, 0.29) is 54.3 Å². The zero-order chi connectivity index (χ0) is 37.8. The molecule has 1 unspecified atom stereocenters. The molecular weight excluding hydrogens is 768 g/mol. The Labute approximate surface area is 298 Å². The van der Waals surface area contributed by atoms with Crippen molar-refractivity contribution in [3.63, 3.8) is 0 Å². The summed E-state index contributed by atoms with van der Waals surface area (Å²) in [6, 6.07) is -1.16. The third kappa shape index (κ3) is 10.6. The van der Waals surface area contributed by atoms with Crippen LogP contribution < -0.4 is 11.1 Å². The average Bonchev–Trinajstić information content (AvgIpc) is 3.55. The van der Waals surface area contributed by atoms with Gasteiger partial charge in [0, 0.05) is 16.7 Å². The number of aromatic nitrogens is 1. The van der Waals surface area contributed by atoms with Crippen molar-refractivity contribution in [3.05, 3.63) is 22.3 Å². The number of aliphatic carboxylic acids is 1. The van der Waals surface area contributed by atoms with Crippen LogP contribution in [0.2, 0.25) is 0 Å². The highest BCUT2D eigenvalue weighted by atomic mass is 32.2. The number of carboxylic acids is 1. The minimum Gasteiger partial charge on any atom is -0.477 e. The van der Waals surface area contributed by atoms with Crippen LogP contribution in [0.15, 0.2) is 21.8 Å². The zero-order valence-corrected chi connectivity index (χ0v) is 31.3. The van der Waals surface area contributed by atoms with Crippen molar-refractivity contribution in [2.75, 3.05) is 51.6 Å². The highest BCUT2D eigenvalue weighted by molar-refractivity contribution is 8.00. The van der Waals surface area contributed by atoms with Gasteiger partial charge in [0.25, 0.3) is 11.8 Å². The summed E-state index contributed by atoms with van der Waals surface area (Å²) in [4.78, 5) is 80.6. The third-order valence-corrected chi connectivity index (χ3v) is 13.1. The number of thioether (sulfide) groups is 1. The number of nitrogens with zero attached hydrogens (tertiary/aromatic N) is 3. The minimum absolute atomic E-state index is 0.00927. The van der Waals surface area contributed by atoms with Crippen LogP contribution in [-0.4, -0.2) is 107 Å². The Morgan fingerprint density at radius 3 is 2.04 bits per heavy atom. The normalized spacial score (nSPS) is 18.0. The fourth-order valence-electron chi connectivity index (χ4n) is 4.20. The Bertz CT molecular complexity index is 1520. The highest BCUT2D eigenvalue weighted by Gasteiger charge is 2.57. The fourth-order valence-corrected chi connectivity index (χ4v) is 10.1. The third-order valence-electron chi connectivity index (χ3n) is 6.28. The molecule has 1 aromatic heterocycles. The van der Waals surface area contributed by atoms with Crippen molar-refractivity contribution in [2.45, 2.75) is 50.9 Å². The number of hydrogen-bond acceptors (Lipinski definition) is 21. The van der Waals surface area contributed by atoms with E-state index in [4.69, 9.17) is 53.6 Å². The lowest BCUT2D eigenvalue weighted by atomic mass is 10.0. The number of amides is 2. The zero-order valence-electron chi connectivity index (χ0n) is 27.9. The predicted octanol–water partition coefficient (Wildman–Crippen LogP) is 2.33. The standard InChI is InChI=1S/C25H37N5O17P2S2/c1-6-40-44-48(36,45-41-7-2)17(49(37,46-42-8-3)47-43-9-4)10-16(31)39-11-14-12-50-23-19(22(33)30(23)20(14)24(34)35)28-21(32)18(29-38-5)15-13-51-25(26)27-15/h13,17,19,23H,6-12H2,1-5H3,(H2,26,27)(H,28,32)(H,34,35)/b29-18-/t19?,23-/m0/s1. The van der Waals surface area contributed by atoms with Crippen molar-refractivity contribution >= 4 is 72.9 Å². The molecule has 286 valence electrons. The lowest BCUT2D eigenvalue weighted by Crippen LogP contribution is -2.71. The maximum absolute atomic E-state index is 13.8. The molecule has 2 aliphatic rings. The molecule has 1 saturated heterocycles. The molecule has 0 saturated carbocycles. The molecule has 2 amide bonds. The second-order valence-corrected chi connectivity index (χ2v) is 16.1. The molecular formula is C25H37N5O17P2S2. The molecule has 26 heteroatoms. The molecule has 0 aliphatic carbocycles. The van der Waals surface area contributed by atoms with E-state index in [0.29, 0.717) is 0 Å². The summed E-state index contributed by atoms with van der Waals surface area (Å²) in [6.07, 6.45) is -1.08. The molecule has 3 rings (SSSR count). The van der Waals surface area contributed by atoms with Gasteiger partial charge < -0.3 is 25.7 Å². The first kappa shape index (κ1) is 42.4. The number of thiazole rings is 1. The number of ether oxygens (including phenoxy) is 1. The van der Waals surface area contributed by atoms with E-state index < -0.39 is 74.5 Å². The topological polar surface area (TPSA) is 281 Å². The molecule has 0 spiro atoms. The summed E-state index contributed by atoms with van der Waals surface area (Å²) in [5.74, 6) is -4.42. The number of carbonyl (C=O) groups excluding carboxylic acids is 3. The second kappa shape index (κ2) is 19.7. The first-order valence-electron chi connectivity index (χ1n) is 14.9. The van der Waals surface area contributed by atoms with Crippen molar-refractivity contribution in [1.82, 2.24) is 15.2 Å². The summed E-state index contributed by atoms with van der Waals surface area (Å²) in [7, 11) is -8.61. The van der Waals surface area contributed by atoms with Crippen molar-refractivity contribution in [3.8, 4) is 0 Å². The van der Waals surface area contributed by atoms with Crippen LogP contribution in [-0.2, 0) is 76.1 Å². The maximum atomic E-state index is 13.8. The number of esters is 1. The Hall–Kier alpha value is -2.99. The van der Waals surface area contributed by atoms with Gasteiger partial charge in [-0.25, -0.2) is 29.3 Å². The van der Waals surface area contributed by atoms with E-state index in [2.05, 4.69) is 15.5 Å². The average molecular weight is 806 g/mol. The van der Waals surface area contributed by atoms with E-state index in [0.717, 1.165) is 28.0 Å². The van der Waals surface area contributed by atoms with E-state index >= 15 is 0 Å². The van der Waals surface area contributed by atoms with Crippen LogP contribution in [0.4, 0.5) is 5.13 Å². The summed E-state index contributed by atoms with van der Waals surface area (Å²) in [5, 5.41) is 14.8.